The third kappa shape index (κ3) is 5.96. The van der Waals surface area contributed by atoms with Gasteiger partial charge >= 0.3 is 0 Å². The topological polar surface area (TPSA) is 12.5 Å². The molecule has 0 saturated heterocycles. The highest BCUT2D eigenvalue weighted by molar-refractivity contribution is 5.34. The summed E-state index contributed by atoms with van der Waals surface area (Å²) in [6, 6.07) is 21.0. The van der Waals surface area contributed by atoms with Crippen LogP contribution in [0.25, 0.3) is 0 Å². The van der Waals surface area contributed by atoms with E-state index < -0.39 is 0 Å². The number of hydrogen-bond donors (Lipinski definition) is 0. The smallest absolute Gasteiger partial charge is 0.0716 e. The van der Waals surface area contributed by atoms with E-state index in [-0.39, 0.29) is 0 Å². The quantitative estimate of drug-likeness (QED) is 0.530. The fraction of sp³-hybridized carbons (Fsp3) is 0.500. The van der Waals surface area contributed by atoms with Gasteiger partial charge in [-0.3, -0.25) is 4.90 Å². The lowest BCUT2D eigenvalue weighted by Gasteiger charge is -2.32. The number of hydrogen-bond acceptors (Lipinski definition) is 2. The summed E-state index contributed by atoms with van der Waals surface area (Å²) < 4.78 is 5.61. The predicted octanol–water partition coefficient (Wildman–Crippen LogP) is 5.86. The Bertz CT molecular complexity index is 628. The van der Waals surface area contributed by atoms with Crippen LogP contribution in [0.5, 0.6) is 0 Å². The first kappa shape index (κ1) is 20.7. The average Bonchev–Trinajstić information content (AvgIpc) is 2.64. The van der Waals surface area contributed by atoms with Crippen molar-refractivity contribution in [1.82, 2.24) is 4.90 Å². The van der Waals surface area contributed by atoms with E-state index in [4.69, 9.17) is 4.74 Å². The fourth-order valence-corrected chi connectivity index (χ4v) is 3.72. The van der Waals surface area contributed by atoms with Crippen molar-refractivity contribution in [3.05, 3.63) is 71.3 Å². The molecule has 0 aliphatic rings. The van der Waals surface area contributed by atoms with Crippen LogP contribution in [0, 0.1) is 0 Å². The molecule has 0 spiro atoms. The van der Waals surface area contributed by atoms with Crippen LogP contribution in [0.3, 0.4) is 0 Å². The van der Waals surface area contributed by atoms with Gasteiger partial charge in [-0.25, -0.2) is 0 Å². The zero-order chi connectivity index (χ0) is 18.9. The monoisotopic (exact) mass is 353 g/mol. The van der Waals surface area contributed by atoms with Crippen LogP contribution in [0.2, 0.25) is 0 Å². The summed E-state index contributed by atoms with van der Waals surface area (Å²) in [4.78, 5) is 2.58. The second-order valence-corrected chi connectivity index (χ2v) is 7.56. The number of benzene rings is 2. The van der Waals surface area contributed by atoms with Gasteiger partial charge in [0, 0.05) is 24.6 Å². The van der Waals surface area contributed by atoms with Crippen molar-refractivity contribution in [2.24, 2.45) is 0 Å². The van der Waals surface area contributed by atoms with Crippen LogP contribution in [0.4, 0.5) is 0 Å². The summed E-state index contributed by atoms with van der Waals surface area (Å²) >= 11 is 0. The van der Waals surface area contributed by atoms with Crippen LogP contribution >= 0.6 is 0 Å². The lowest BCUT2D eigenvalue weighted by Crippen LogP contribution is -2.38. The molecule has 1 atom stereocenters. The van der Waals surface area contributed by atoms with E-state index >= 15 is 0 Å². The summed E-state index contributed by atoms with van der Waals surface area (Å²) in [6.07, 6.45) is 1.12. The second kappa shape index (κ2) is 10.5. The molecule has 2 nitrogen and oxygen atoms in total. The van der Waals surface area contributed by atoms with Crippen molar-refractivity contribution < 1.29 is 4.74 Å². The molecule has 0 saturated carbocycles. The molecule has 26 heavy (non-hydrogen) atoms. The standard InChI is InChI=1S/C24H35NO/c1-6-26-18-21-11-10-14-23(17-21)24(22-12-8-7-9-13-22)15-16-25(19(2)3)20(4)5/h7-14,17,19-20,24H,6,15-16,18H2,1-5H3. The first-order valence-electron chi connectivity index (χ1n) is 10.00. The van der Waals surface area contributed by atoms with Crippen molar-refractivity contribution in [3.63, 3.8) is 0 Å². The van der Waals surface area contributed by atoms with Crippen LogP contribution < -0.4 is 0 Å². The molecule has 0 fully saturated rings. The molecular weight excluding hydrogens is 318 g/mol. The number of ether oxygens (including phenoxy) is 1. The summed E-state index contributed by atoms with van der Waals surface area (Å²) in [5, 5.41) is 0. The van der Waals surface area contributed by atoms with E-state index in [9.17, 15) is 0 Å². The summed E-state index contributed by atoms with van der Waals surface area (Å²) in [5.74, 6) is 0.415. The Hall–Kier alpha value is -1.64. The molecule has 2 heteroatoms. The number of rotatable bonds is 10. The van der Waals surface area contributed by atoms with Gasteiger partial charge in [0.05, 0.1) is 6.61 Å². The Balaban J connectivity index is 2.25. The van der Waals surface area contributed by atoms with Crippen LogP contribution in [0.1, 0.15) is 63.6 Å². The van der Waals surface area contributed by atoms with Gasteiger partial charge in [0.25, 0.3) is 0 Å². The van der Waals surface area contributed by atoms with Gasteiger partial charge < -0.3 is 4.74 Å². The van der Waals surface area contributed by atoms with Gasteiger partial charge in [-0.15, -0.1) is 0 Å². The Morgan fingerprint density at radius 3 is 2.12 bits per heavy atom. The molecule has 0 N–H and O–H groups in total. The molecule has 0 bridgehead atoms. The normalized spacial score (nSPS) is 12.9. The lowest BCUT2D eigenvalue weighted by atomic mass is 9.87. The van der Waals surface area contributed by atoms with Gasteiger partial charge in [0.1, 0.15) is 0 Å². The van der Waals surface area contributed by atoms with Crippen molar-refractivity contribution >= 4 is 0 Å². The van der Waals surface area contributed by atoms with Crippen molar-refractivity contribution in [1.29, 1.82) is 0 Å². The first-order chi connectivity index (χ1) is 12.5. The first-order valence-corrected chi connectivity index (χ1v) is 10.00. The minimum absolute atomic E-state index is 0.415. The van der Waals surface area contributed by atoms with E-state index in [1.165, 1.54) is 16.7 Å². The lowest BCUT2D eigenvalue weighted by molar-refractivity contribution is 0.134. The predicted molar refractivity (Wildman–Crippen MR) is 112 cm³/mol. The Morgan fingerprint density at radius 1 is 0.846 bits per heavy atom. The maximum absolute atomic E-state index is 5.61. The molecular formula is C24H35NO. The van der Waals surface area contributed by atoms with Gasteiger partial charge in [0.15, 0.2) is 0 Å². The Labute approximate surface area is 160 Å². The molecule has 2 aromatic rings. The molecule has 142 valence electrons. The van der Waals surface area contributed by atoms with E-state index in [0.717, 1.165) is 19.6 Å². The van der Waals surface area contributed by atoms with Gasteiger partial charge in [0.2, 0.25) is 0 Å². The second-order valence-electron chi connectivity index (χ2n) is 7.56. The highest BCUT2D eigenvalue weighted by Crippen LogP contribution is 2.29. The zero-order valence-corrected chi connectivity index (χ0v) is 17.1. The maximum Gasteiger partial charge on any atom is 0.0716 e. The highest BCUT2D eigenvalue weighted by Gasteiger charge is 2.19. The fourth-order valence-electron chi connectivity index (χ4n) is 3.72. The minimum atomic E-state index is 0.415. The molecule has 0 amide bonds. The highest BCUT2D eigenvalue weighted by atomic mass is 16.5. The summed E-state index contributed by atoms with van der Waals surface area (Å²) in [7, 11) is 0. The maximum atomic E-state index is 5.61. The molecule has 0 radical (unpaired) electrons. The van der Waals surface area contributed by atoms with Gasteiger partial charge in [-0.05, 0) is 64.3 Å². The summed E-state index contributed by atoms with van der Waals surface area (Å²) in [6.45, 7) is 13.8. The van der Waals surface area contributed by atoms with E-state index in [2.05, 4.69) is 87.2 Å². The molecule has 1 unspecified atom stereocenters. The zero-order valence-electron chi connectivity index (χ0n) is 17.1. The molecule has 0 heterocycles. The largest absolute Gasteiger partial charge is 0.377 e. The number of nitrogens with zero attached hydrogens (tertiary/aromatic N) is 1. The van der Waals surface area contributed by atoms with Crippen LogP contribution in [-0.2, 0) is 11.3 Å². The third-order valence-electron chi connectivity index (χ3n) is 5.03. The summed E-state index contributed by atoms with van der Waals surface area (Å²) in [5.41, 5.74) is 4.05. The SMILES string of the molecule is CCOCc1cccc(C(CCN(C(C)C)C(C)C)c2ccccc2)c1. The Kier molecular flexibility index (Phi) is 8.34. The Morgan fingerprint density at radius 2 is 1.50 bits per heavy atom. The van der Waals surface area contributed by atoms with Crippen molar-refractivity contribution in [2.75, 3.05) is 13.2 Å². The van der Waals surface area contributed by atoms with E-state index in [0.29, 0.717) is 24.6 Å². The van der Waals surface area contributed by atoms with Crippen molar-refractivity contribution in [3.8, 4) is 0 Å². The van der Waals surface area contributed by atoms with E-state index in [1.54, 1.807) is 0 Å². The molecule has 2 rings (SSSR count). The molecule has 0 aromatic heterocycles. The van der Waals surface area contributed by atoms with Gasteiger partial charge in [-0.2, -0.15) is 0 Å². The van der Waals surface area contributed by atoms with Crippen LogP contribution in [0.15, 0.2) is 54.6 Å². The molecule has 2 aromatic carbocycles. The molecule has 0 aliphatic carbocycles. The van der Waals surface area contributed by atoms with Crippen LogP contribution in [-0.4, -0.2) is 30.1 Å². The molecule has 0 aliphatic heterocycles. The average molecular weight is 354 g/mol. The third-order valence-corrected chi connectivity index (χ3v) is 5.03. The minimum Gasteiger partial charge on any atom is -0.377 e. The van der Waals surface area contributed by atoms with Gasteiger partial charge in [-0.1, -0.05) is 54.6 Å². The van der Waals surface area contributed by atoms with E-state index in [1.807, 2.05) is 6.92 Å². The van der Waals surface area contributed by atoms with Crippen molar-refractivity contribution in [2.45, 2.75) is 65.6 Å².